The van der Waals surface area contributed by atoms with Gasteiger partial charge in [0.2, 0.25) is 5.89 Å². The van der Waals surface area contributed by atoms with E-state index in [1.165, 1.54) is 11.1 Å². The largest absolute Gasteiger partial charge is 0.339 e. The van der Waals surface area contributed by atoms with E-state index in [9.17, 15) is 0 Å². The molecule has 0 aliphatic heterocycles. The van der Waals surface area contributed by atoms with Crippen LogP contribution in [0, 0.1) is 0 Å². The van der Waals surface area contributed by atoms with Gasteiger partial charge < -0.3 is 9.84 Å². The number of fused-ring (bicyclic) bond motifs is 1. The third kappa shape index (κ3) is 2.90. The van der Waals surface area contributed by atoms with E-state index in [-0.39, 0.29) is 0 Å². The third-order valence-corrected chi connectivity index (χ3v) is 4.01. The minimum atomic E-state index is 0.409. The Balaban J connectivity index is 1.66. The highest BCUT2D eigenvalue weighted by atomic mass is 16.5. The lowest BCUT2D eigenvalue weighted by atomic mass is 9.83. The van der Waals surface area contributed by atoms with E-state index in [4.69, 9.17) is 4.52 Å². The highest BCUT2D eigenvalue weighted by Gasteiger charge is 2.23. The maximum atomic E-state index is 5.36. The SMILES string of the molecule is CNCCCc1nc(C2CCc3ccccc3C2)no1. The van der Waals surface area contributed by atoms with Crippen LogP contribution in [0.25, 0.3) is 0 Å². The van der Waals surface area contributed by atoms with Gasteiger partial charge in [0, 0.05) is 12.3 Å². The van der Waals surface area contributed by atoms with Crippen molar-refractivity contribution < 1.29 is 4.52 Å². The first-order chi connectivity index (χ1) is 9.86. The van der Waals surface area contributed by atoms with Gasteiger partial charge in [-0.05, 0) is 50.4 Å². The minimum absolute atomic E-state index is 0.409. The Kier molecular flexibility index (Phi) is 4.11. The molecule has 20 heavy (non-hydrogen) atoms. The Labute approximate surface area is 119 Å². The number of hydrogen-bond acceptors (Lipinski definition) is 4. The van der Waals surface area contributed by atoms with E-state index < -0.39 is 0 Å². The first-order valence-electron chi connectivity index (χ1n) is 7.40. The van der Waals surface area contributed by atoms with Gasteiger partial charge in [0.15, 0.2) is 5.82 Å². The fourth-order valence-electron chi connectivity index (χ4n) is 2.87. The summed E-state index contributed by atoms with van der Waals surface area (Å²) in [6.45, 7) is 0.981. The Hall–Kier alpha value is -1.68. The molecule has 4 heteroatoms. The number of nitrogens with one attached hydrogen (secondary N) is 1. The van der Waals surface area contributed by atoms with Crippen molar-refractivity contribution in [2.45, 2.75) is 38.0 Å². The molecule has 0 saturated heterocycles. The van der Waals surface area contributed by atoms with Crippen molar-refractivity contribution in [1.29, 1.82) is 0 Å². The van der Waals surface area contributed by atoms with E-state index in [1.54, 1.807) is 0 Å². The number of nitrogens with zero attached hydrogens (tertiary/aromatic N) is 2. The Bertz CT molecular complexity index is 564. The summed E-state index contributed by atoms with van der Waals surface area (Å²) in [4.78, 5) is 4.57. The number of hydrogen-bond donors (Lipinski definition) is 1. The van der Waals surface area contributed by atoms with Crippen molar-refractivity contribution in [1.82, 2.24) is 15.5 Å². The molecule has 0 spiro atoms. The molecular formula is C16H21N3O. The monoisotopic (exact) mass is 271 g/mol. The summed E-state index contributed by atoms with van der Waals surface area (Å²) < 4.78 is 5.36. The highest BCUT2D eigenvalue weighted by molar-refractivity contribution is 5.31. The van der Waals surface area contributed by atoms with Gasteiger partial charge in [-0.15, -0.1) is 0 Å². The fourth-order valence-corrected chi connectivity index (χ4v) is 2.87. The molecule has 1 heterocycles. The molecule has 1 atom stereocenters. The smallest absolute Gasteiger partial charge is 0.226 e. The molecule has 0 bridgehead atoms. The van der Waals surface area contributed by atoms with Crippen LogP contribution in [-0.2, 0) is 19.3 Å². The van der Waals surface area contributed by atoms with Crippen LogP contribution in [0.5, 0.6) is 0 Å². The average Bonchev–Trinajstić information content (AvgIpc) is 2.96. The van der Waals surface area contributed by atoms with Crippen molar-refractivity contribution in [3.8, 4) is 0 Å². The molecule has 1 unspecified atom stereocenters. The topological polar surface area (TPSA) is 51.0 Å². The van der Waals surface area contributed by atoms with Crippen molar-refractivity contribution in [3.05, 3.63) is 47.1 Å². The molecule has 4 nitrogen and oxygen atoms in total. The van der Waals surface area contributed by atoms with E-state index >= 15 is 0 Å². The first kappa shape index (κ1) is 13.3. The summed E-state index contributed by atoms with van der Waals surface area (Å²) in [6, 6.07) is 8.67. The van der Waals surface area contributed by atoms with Crippen LogP contribution >= 0.6 is 0 Å². The molecule has 1 aromatic carbocycles. The summed E-state index contributed by atoms with van der Waals surface area (Å²) in [5.74, 6) is 2.07. The van der Waals surface area contributed by atoms with Crippen LogP contribution in [0.3, 0.4) is 0 Å². The predicted octanol–water partition coefficient (Wildman–Crippen LogP) is 2.49. The zero-order chi connectivity index (χ0) is 13.8. The fraction of sp³-hybridized carbons (Fsp3) is 0.500. The van der Waals surface area contributed by atoms with E-state index in [1.807, 2.05) is 7.05 Å². The van der Waals surface area contributed by atoms with Gasteiger partial charge in [-0.25, -0.2) is 0 Å². The molecule has 3 rings (SSSR count). The van der Waals surface area contributed by atoms with Gasteiger partial charge in [0.1, 0.15) is 0 Å². The molecule has 1 N–H and O–H groups in total. The highest BCUT2D eigenvalue weighted by Crippen LogP contribution is 2.31. The number of benzene rings is 1. The molecule has 0 saturated carbocycles. The van der Waals surface area contributed by atoms with Crippen molar-refractivity contribution >= 4 is 0 Å². The molecule has 0 radical (unpaired) electrons. The van der Waals surface area contributed by atoms with E-state index in [2.05, 4.69) is 39.7 Å². The van der Waals surface area contributed by atoms with E-state index in [0.717, 1.165) is 50.4 Å². The normalized spacial score (nSPS) is 17.9. The summed E-state index contributed by atoms with van der Waals surface area (Å²) in [5, 5.41) is 7.31. The molecule has 1 aliphatic carbocycles. The average molecular weight is 271 g/mol. The van der Waals surface area contributed by atoms with Crippen LogP contribution in [0.2, 0.25) is 0 Å². The van der Waals surface area contributed by atoms with Gasteiger partial charge in [0.05, 0.1) is 0 Å². The van der Waals surface area contributed by atoms with Gasteiger partial charge in [-0.3, -0.25) is 0 Å². The Morgan fingerprint density at radius 2 is 2.15 bits per heavy atom. The summed E-state index contributed by atoms with van der Waals surface area (Å²) in [7, 11) is 1.96. The third-order valence-electron chi connectivity index (χ3n) is 4.01. The maximum absolute atomic E-state index is 5.36. The maximum Gasteiger partial charge on any atom is 0.226 e. The summed E-state index contributed by atoms with van der Waals surface area (Å²) >= 11 is 0. The van der Waals surface area contributed by atoms with Crippen molar-refractivity contribution in [2.24, 2.45) is 0 Å². The lowest BCUT2D eigenvalue weighted by Crippen LogP contribution is -2.14. The van der Waals surface area contributed by atoms with E-state index in [0.29, 0.717) is 5.92 Å². The van der Waals surface area contributed by atoms with Crippen molar-refractivity contribution in [3.63, 3.8) is 0 Å². The standard InChI is InChI=1S/C16H21N3O/c1-17-10-4-7-15-18-16(19-20-15)14-9-8-12-5-2-3-6-13(12)11-14/h2-3,5-6,14,17H,4,7-11H2,1H3. The van der Waals surface area contributed by atoms with Crippen LogP contribution in [0.4, 0.5) is 0 Å². The molecule has 0 fully saturated rings. The van der Waals surface area contributed by atoms with Crippen LogP contribution in [-0.4, -0.2) is 23.7 Å². The second-order valence-corrected chi connectivity index (χ2v) is 5.46. The minimum Gasteiger partial charge on any atom is -0.339 e. The molecule has 1 aliphatic rings. The Morgan fingerprint density at radius 3 is 3.00 bits per heavy atom. The van der Waals surface area contributed by atoms with Gasteiger partial charge in [0.25, 0.3) is 0 Å². The lowest BCUT2D eigenvalue weighted by Gasteiger charge is -2.21. The zero-order valence-electron chi connectivity index (χ0n) is 11.9. The second kappa shape index (κ2) is 6.18. The van der Waals surface area contributed by atoms with Gasteiger partial charge in [-0.1, -0.05) is 29.4 Å². The Morgan fingerprint density at radius 1 is 1.30 bits per heavy atom. The van der Waals surface area contributed by atoms with Crippen LogP contribution in [0.15, 0.2) is 28.8 Å². The lowest BCUT2D eigenvalue weighted by molar-refractivity contribution is 0.364. The quantitative estimate of drug-likeness (QED) is 0.849. The summed E-state index contributed by atoms with van der Waals surface area (Å²) in [6.07, 6.45) is 5.16. The van der Waals surface area contributed by atoms with Crippen LogP contribution < -0.4 is 5.32 Å². The molecule has 0 amide bonds. The predicted molar refractivity (Wildman–Crippen MR) is 77.8 cm³/mol. The van der Waals surface area contributed by atoms with Gasteiger partial charge in [-0.2, -0.15) is 4.98 Å². The summed E-state index contributed by atoms with van der Waals surface area (Å²) in [5.41, 5.74) is 2.91. The zero-order valence-corrected chi connectivity index (χ0v) is 11.9. The molecular weight excluding hydrogens is 250 g/mol. The number of rotatable bonds is 5. The molecule has 2 aromatic rings. The molecule has 106 valence electrons. The van der Waals surface area contributed by atoms with Crippen molar-refractivity contribution in [2.75, 3.05) is 13.6 Å². The number of aromatic nitrogens is 2. The first-order valence-corrected chi connectivity index (χ1v) is 7.40. The van der Waals surface area contributed by atoms with Crippen LogP contribution in [0.1, 0.15) is 41.6 Å². The second-order valence-electron chi connectivity index (χ2n) is 5.46. The molecule has 1 aromatic heterocycles. The van der Waals surface area contributed by atoms with Gasteiger partial charge >= 0.3 is 0 Å². The number of aryl methyl sites for hydroxylation is 2.